The molecule has 14 rings (SSSR count). The van der Waals surface area contributed by atoms with Crippen LogP contribution < -0.4 is 0 Å². The molecule has 0 aliphatic carbocycles. The highest BCUT2D eigenvalue weighted by atomic mass is 15.1. The number of hydrogen-bond acceptors (Lipinski definition) is 1. The minimum absolute atomic E-state index is 0.925. The van der Waals surface area contributed by atoms with Gasteiger partial charge in [0.05, 0.1) is 11.0 Å². The lowest BCUT2D eigenvalue weighted by Gasteiger charge is -2.16. The average Bonchev–Trinajstić information content (AvgIpc) is 3.74. The van der Waals surface area contributed by atoms with Gasteiger partial charge in [-0.1, -0.05) is 194 Å². The molecule has 280 valence electrons. The molecule has 2 heteroatoms. The Morgan fingerprint density at radius 2 is 0.689 bits per heavy atom. The Morgan fingerprint density at radius 3 is 1.23 bits per heavy atom. The van der Waals surface area contributed by atoms with Crippen molar-refractivity contribution in [3.8, 4) is 39.3 Å². The van der Waals surface area contributed by atoms with Gasteiger partial charge < -0.3 is 0 Å². The number of aromatic nitrogens is 2. The molecule has 1 heterocycles. The molecule has 0 unspecified atom stereocenters. The first-order chi connectivity index (χ1) is 30.2. The van der Waals surface area contributed by atoms with Gasteiger partial charge in [0.25, 0.3) is 0 Å². The van der Waals surface area contributed by atoms with E-state index in [1.54, 1.807) is 0 Å². The minimum atomic E-state index is 0.925. The van der Waals surface area contributed by atoms with Crippen molar-refractivity contribution in [2.75, 3.05) is 0 Å². The van der Waals surface area contributed by atoms with Crippen molar-refractivity contribution in [3.05, 3.63) is 206 Å². The number of nitrogens with zero attached hydrogens (tertiary/aromatic N) is 2. The lowest BCUT2D eigenvalue weighted by atomic mass is 9.90. The van der Waals surface area contributed by atoms with Gasteiger partial charge in [0.15, 0.2) is 0 Å². The Hall–Kier alpha value is -8.07. The Balaban J connectivity index is 0.963. The first-order valence-electron chi connectivity index (χ1n) is 21.1. The second-order valence-corrected chi connectivity index (χ2v) is 16.6. The van der Waals surface area contributed by atoms with E-state index in [0.717, 1.165) is 33.5 Å². The van der Waals surface area contributed by atoms with E-state index in [0.29, 0.717) is 0 Å². The zero-order valence-electron chi connectivity index (χ0n) is 33.0. The molecule has 14 aromatic rings. The number of fused-ring (bicyclic) bond motifs is 6. The molecule has 0 fully saturated rings. The van der Waals surface area contributed by atoms with Crippen LogP contribution in [0.15, 0.2) is 206 Å². The summed E-state index contributed by atoms with van der Waals surface area (Å²) in [6.45, 7) is 0. The van der Waals surface area contributed by atoms with Crippen molar-refractivity contribution in [1.29, 1.82) is 0 Å². The third kappa shape index (κ3) is 4.59. The van der Waals surface area contributed by atoms with Gasteiger partial charge >= 0.3 is 0 Å². The molecule has 0 saturated carbocycles. The summed E-state index contributed by atoms with van der Waals surface area (Å²) in [5, 5.41) is 20.4. The molecule has 0 amide bonds. The van der Waals surface area contributed by atoms with Crippen LogP contribution in [0.25, 0.3) is 137 Å². The standard InChI is InChI=1S/C59H34N2/c1-3-13-51-47(11-1)48-12-2-4-14-52(48)58-57(51)60-59(43-21-15-35(16-22-43)45-31-25-41-19-17-37-7-5-9-39-27-33-49(45)55(41)53(37)39)61(58)44-29-23-36(24-30-44)46-32-26-42-20-18-38-8-6-10-40-28-34-50(46)56(42)54(38)40/h1-34H. The zero-order valence-corrected chi connectivity index (χ0v) is 33.0. The van der Waals surface area contributed by atoms with Crippen molar-refractivity contribution in [3.63, 3.8) is 0 Å². The molecule has 0 radical (unpaired) electrons. The molecule has 2 nitrogen and oxygen atoms in total. The highest BCUT2D eigenvalue weighted by molar-refractivity contribution is 6.27. The van der Waals surface area contributed by atoms with Gasteiger partial charge in [0.2, 0.25) is 0 Å². The molecule has 0 bridgehead atoms. The first-order valence-corrected chi connectivity index (χ1v) is 21.1. The summed E-state index contributed by atoms with van der Waals surface area (Å²) in [6.07, 6.45) is 0. The fourth-order valence-electron chi connectivity index (χ4n) is 10.7. The van der Waals surface area contributed by atoms with E-state index < -0.39 is 0 Å². The van der Waals surface area contributed by atoms with Crippen LogP contribution >= 0.6 is 0 Å². The molecule has 0 aliphatic rings. The van der Waals surface area contributed by atoms with Gasteiger partial charge in [0.1, 0.15) is 5.82 Å². The highest BCUT2D eigenvalue weighted by Gasteiger charge is 2.21. The molecule has 0 N–H and O–H groups in total. The molecular formula is C59H34N2. The molecule has 61 heavy (non-hydrogen) atoms. The molecule has 13 aromatic carbocycles. The van der Waals surface area contributed by atoms with E-state index in [-0.39, 0.29) is 0 Å². The molecular weight excluding hydrogens is 737 g/mol. The van der Waals surface area contributed by atoms with Crippen LogP contribution in [0.2, 0.25) is 0 Å². The summed E-state index contributed by atoms with van der Waals surface area (Å²) in [6, 6.07) is 76.2. The average molecular weight is 771 g/mol. The maximum Gasteiger partial charge on any atom is 0.145 e. The van der Waals surface area contributed by atoms with E-state index in [9.17, 15) is 0 Å². The molecule has 0 spiro atoms. The first kappa shape index (κ1) is 32.8. The number of hydrogen-bond donors (Lipinski definition) is 0. The van der Waals surface area contributed by atoms with Gasteiger partial charge in [0, 0.05) is 22.0 Å². The van der Waals surface area contributed by atoms with Gasteiger partial charge in [-0.3, -0.25) is 4.57 Å². The maximum absolute atomic E-state index is 5.58. The van der Waals surface area contributed by atoms with Crippen LogP contribution in [-0.4, -0.2) is 9.55 Å². The molecule has 0 aliphatic heterocycles. The predicted molar refractivity (Wildman–Crippen MR) is 260 cm³/mol. The lowest BCUT2D eigenvalue weighted by Crippen LogP contribution is -1.98. The largest absolute Gasteiger partial charge is 0.292 e. The Labute approximate surface area is 350 Å². The third-order valence-electron chi connectivity index (χ3n) is 13.5. The number of benzene rings is 13. The van der Waals surface area contributed by atoms with Crippen molar-refractivity contribution in [2.45, 2.75) is 0 Å². The van der Waals surface area contributed by atoms with Crippen LogP contribution in [0.1, 0.15) is 0 Å². The fraction of sp³-hybridized carbons (Fsp3) is 0. The van der Waals surface area contributed by atoms with Crippen LogP contribution in [0.5, 0.6) is 0 Å². The topological polar surface area (TPSA) is 17.8 Å². The van der Waals surface area contributed by atoms with E-state index in [1.807, 2.05) is 0 Å². The minimum Gasteiger partial charge on any atom is -0.292 e. The summed E-state index contributed by atoms with van der Waals surface area (Å²) in [5.74, 6) is 0.925. The van der Waals surface area contributed by atoms with E-state index >= 15 is 0 Å². The quantitative estimate of drug-likeness (QED) is 0.163. The maximum atomic E-state index is 5.58. The molecule has 0 saturated heterocycles. The van der Waals surface area contributed by atoms with Crippen LogP contribution in [0.3, 0.4) is 0 Å². The summed E-state index contributed by atoms with van der Waals surface area (Å²) >= 11 is 0. The van der Waals surface area contributed by atoms with E-state index in [1.165, 1.54) is 103 Å². The van der Waals surface area contributed by atoms with Crippen molar-refractivity contribution < 1.29 is 0 Å². The van der Waals surface area contributed by atoms with Gasteiger partial charge in [-0.05, 0) is 110 Å². The molecule has 1 aromatic heterocycles. The van der Waals surface area contributed by atoms with Crippen molar-refractivity contribution in [1.82, 2.24) is 9.55 Å². The summed E-state index contributed by atoms with van der Waals surface area (Å²) < 4.78 is 2.39. The molecule has 0 atom stereocenters. The van der Waals surface area contributed by atoms with E-state index in [2.05, 4.69) is 211 Å². The normalized spacial score (nSPS) is 12.3. The summed E-state index contributed by atoms with van der Waals surface area (Å²) in [5.41, 5.74) is 9.15. The smallest absolute Gasteiger partial charge is 0.145 e. The van der Waals surface area contributed by atoms with Gasteiger partial charge in [-0.25, -0.2) is 4.98 Å². The van der Waals surface area contributed by atoms with E-state index in [4.69, 9.17) is 4.98 Å². The summed E-state index contributed by atoms with van der Waals surface area (Å²) in [7, 11) is 0. The Morgan fingerprint density at radius 1 is 0.279 bits per heavy atom. The lowest BCUT2D eigenvalue weighted by molar-refractivity contribution is 1.11. The van der Waals surface area contributed by atoms with Gasteiger partial charge in [-0.15, -0.1) is 0 Å². The Bertz CT molecular complexity index is 4050. The fourth-order valence-corrected chi connectivity index (χ4v) is 10.7. The second kappa shape index (κ2) is 12.2. The monoisotopic (exact) mass is 770 g/mol. The second-order valence-electron chi connectivity index (χ2n) is 16.6. The summed E-state index contributed by atoms with van der Waals surface area (Å²) in [4.78, 5) is 5.58. The van der Waals surface area contributed by atoms with Crippen molar-refractivity contribution in [2.24, 2.45) is 0 Å². The SMILES string of the molecule is c1cc2ccc3ccc(-c4ccc(-c5nc6c7ccccc7c7ccccc7c6n5-c5ccc(-c6ccc7ccc8cccc9ccc6c7c89)cc5)cc4)c4ccc(c1)c2c34. The van der Waals surface area contributed by atoms with Crippen LogP contribution in [0.4, 0.5) is 0 Å². The Kier molecular flexibility index (Phi) is 6.59. The third-order valence-corrected chi connectivity index (χ3v) is 13.5. The number of imidazole rings is 1. The highest BCUT2D eigenvalue weighted by Crippen LogP contribution is 2.43. The number of rotatable bonds is 4. The zero-order chi connectivity index (χ0) is 39.8. The van der Waals surface area contributed by atoms with Crippen molar-refractivity contribution >= 4 is 97.2 Å². The van der Waals surface area contributed by atoms with Gasteiger partial charge in [-0.2, -0.15) is 0 Å². The van der Waals surface area contributed by atoms with Crippen LogP contribution in [-0.2, 0) is 0 Å². The van der Waals surface area contributed by atoms with Crippen LogP contribution in [0, 0.1) is 0 Å². The predicted octanol–water partition coefficient (Wildman–Crippen LogP) is 16.1.